The van der Waals surface area contributed by atoms with E-state index in [1.807, 2.05) is 0 Å². The van der Waals surface area contributed by atoms with Crippen molar-refractivity contribution in [3.05, 3.63) is 0 Å². The zero-order valence-corrected chi connectivity index (χ0v) is 9.27. The lowest BCUT2D eigenvalue weighted by molar-refractivity contribution is -0.121. The van der Waals surface area contributed by atoms with Gasteiger partial charge in [-0.1, -0.05) is 19.8 Å². The van der Waals surface area contributed by atoms with E-state index in [-0.39, 0.29) is 11.9 Å². The highest BCUT2D eigenvalue weighted by Crippen LogP contribution is 2.06. The molecule has 0 saturated heterocycles. The molecule has 78 valence electrons. The van der Waals surface area contributed by atoms with Gasteiger partial charge in [-0.25, -0.2) is 0 Å². The molecule has 0 spiro atoms. The van der Waals surface area contributed by atoms with Gasteiger partial charge in [0.15, 0.2) is 0 Å². The van der Waals surface area contributed by atoms with Gasteiger partial charge in [-0.15, -0.1) is 11.6 Å². The molecule has 0 rings (SSSR count). The van der Waals surface area contributed by atoms with Gasteiger partial charge in [-0.3, -0.25) is 4.79 Å². The van der Waals surface area contributed by atoms with Gasteiger partial charge >= 0.3 is 0 Å². The number of methoxy groups -OCH3 is 1. The summed E-state index contributed by atoms with van der Waals surface area (Å²) in [6.07, 6.45) is 4.30. The SMILES string of the molecule is CCCCCC(=O)CC(CCl)OC. The summed E-state index contributed by atoms with van der Waals surface area (Å²) in [4.78, 5) is 11.3. The summed E-state index contributed by atoms with van der Waals surface area (Å²) in [5.41, 5.74) is 0. The van der Waals surface area contributed by atoms with E-state index in [1.165, 1.54) is 0 Å². The molecule has 3 heteroatoms. The molecule has 0 amide bonds. The van der Waals surface area contributed by atoms with Gasteiger partial charge in [-0.05, 0) is 6.42 Å². The fourth-order valence-corrected chi connectivity index (χ4v) is 1.36. The number of ether oxygens (including phenoxy) is 1. The van der Waals surface area contributed by atoms with Crippen molar-refractivity contribution in [1.29, 1.82) is 0 Å². The van der Waals surface area contributed by atoms with Crippen LogP contribution in [0.15, 0.2) is 0 Å². The van der Waals surface area contributed by atoms with Crippen LogP contribution in [0.5, 0.6) is 0 Å². The molecule has 0 radical (unpaired) electrons. The number of alkyl halides is 1. The monoisotopic (exact) mass is 206 g/mol. The molecule has 0 aliphatic carbocycles. The van der Waals surface area contributed by atoms with Crippen LogP contribution >= 0.6 is 11.6 Å². The standard InChI is InChI=1S/C10H19ClO2/c1-3-4-5-6-9(12)7-10(8-11)13-2/h10H,3-8H2,1-2H3. The number of unbranched alkanes of at least 4 members (excludes halogenated alkanes) is 2. The predicted molar refractivity (Wildman–Crippen MR) is 55.3 cm³/mol. The lowest BCUT2D eigenvalue weighted by Crippen LogP contribution is -2.17. The van der Waals surface area contributed by atoms with Crippen molar-refractivity contribution in [2.45, 2.75) is 45.1 Å². The molecule has 0 aromatic rings. The molecular weight excluding hydrogens is 188 g/mol. The van der Waals surface area contributed by atoms with E-state index in [0.29, 0.717) is 18.7 Å². The fraction of sp³-hybridized carbons (Fsp3) is 0.900. The number of carbonyl (C=O) groups excluding carboxylic acids is 1. The van der Waals surface area contributed by atoms with E-state index in [2.05, 4.69) is 6.92 Å². The Bertz CT molecular complexity index is 133. The normalized spacial score (nSPS) is 12.8. The lowest BCUT2D eigenvalue weighted by atomic mass is 10.1. The Kier molecular flexibility index (Phi) is 8.46. The summed E-state index contributed by atoms with van der Waals surface area (Å²) in [5.74, 6) is 0.664. The van der Waals surface area contributed by atoms with E-state index in [1.54, 1.807) is 7.11 Å². The number of rotatable bonds is 8. The Hall–Kier alpha value is -0.0800. The molecule has 13 heavy (non-hydrogen) atoms. The van der Waals surface area contributed by atoms with E-state index in [4.69, 9.17) is 16.3 Å². The van der Waals surface area contributed by atoms with Crippen molar-refractivity contribution in [2.75, 3.05) is 13.0 Å². The van der Waals surface area contributed by atoms with Crippen molar-refractivity contribution in [1.82, 2.24) is 0 Å². The first-order chi connectivity index (χ1) is 6.24. The Labute approximate surface area is 85.6 Å². The van der Waals surface area contributed by atoms with Crippen LogP contribution in [0.1, 0.15) is 39.0 Å². The van der Waals surface area contributed by atoms with E-state index >= 15 is 0 Å². The molecular formula is C10H19ClO2. The minimum atomic E-state index is -0.101. The van der Waals surface area contributed by atoms with Gasteiger partial charge in [0.1, 0.15) is 5.78 Å². The van der Waals surface area contributed by atoms with Gasteiger partial charge in [0.25, 0.3) is 0 Å². The molecule has 0 bridgehead atoms. The van der Waals surface area contributed by atoms with Crippen LogP contribution in [0.4, 0.5) is 0 Å². The maximum atomic E-state index is 11.3. The Morgan fingerprint density at radius 1 is 1.46 bits per heavy atom. The highest BCUT2D eigenvalue weighted by molar-refractivity contribution is 6.18. The lowest BCUT2D eigenvalue weighted by Gasteiger charge is -2.10. The fourth-order valence-electron chi connectivity index (χ4n) is 1.13. The Morgan fingerprint density at radius 3 is 2.62 bits per heavy atom. The number of hydrogen-bond acceptors (Lipinski definition) is 2. The highest BCUT2D eigenvalue weighted by Gasteiger charge is 2.11. The molecule has 0 saturated carbocycles. The summed E-state index contributed by atoms with van der Waals surface area (Å²) >= 11 is 5.60. The van der Waals surface area contributed by atoms with Crippen LogP contribution in [0.2, 0.25) is 0 Å². The maximum absolute atomic E-state index is 11.3. The molecule has 0 aliphatic rings. The largest absolute Gasteiger partial charge is 0.380 e. The number of halogens is 1. The molecule has 0 aromatic carbocycles. The third kappa shape index (κ3) is 7.03. The van der Waals surface area contributed by atoms with Gasteiger partial charge in [0.05, 0.1) is 6.10 Å². The molecule has 1 unspecified atom stereocenters. The summed E-state index contributed by atoms with van der Waals surface area (Å²) in [7, 11) is 1.59. The summed E-state index contributed by atoms with van der Waals surface area (Å²) in [5, 5.41) is 0. The Morgan fingerprint density at radius 2 is 2.15 bits per heavy atom. The minimum absolute atomic E-state index is 0.101. The third-order valence-corrected chi connectivity index (χ3v) is 2.36. The second-order valence-electron chi connectivity index (χ2n) is 3.21. The molecule has 0 fully saturated rings. The molecule has 1 atom stereocenters. The van der Waals surface area contributed by atoms with Crippen molar-refractivity contribution in [2.24, 2.45) is 0 Å². The van der Waals surface area contributed by atoms with Crippen LogP contribution in [0, 0.1) is 0 Å². The average molecular weight is 207 g/mol. The van der Waals surface area contributed by atoms with Crippen molar-refractivity contribution >= 4 is 17.4 Å². The smallest absolute Gasteiger partial charge is 0.135 e. The van der Waals surface area contributed by atoms with Crippen LogP contribution in [-0.2, 0) is 9.53 Å². The first-order valence-electron chi connectivity index (χ1n) is 4.85. The predicted octanol–water partition coefficient (Wildman–Crippen LogP) is 2.78. The van der Waals surface area contributed by atoms with Crippen LogP contribution in [-0.4, -0.2) is 24.9 Å². The first kappa shape index (κ1) is 12.9. The summed E-state index contributed by atoms with van der Waals surface area (Å²) < 4.78 is 5.02. The van der Waals surface area contributed by atoms with Gasteiger partial charge in [0.2, 0.25) is 0 Å². The number of ketones is 1. The van der Waals surface area contributed by atoms with Gasteiger partial charge in [0, 0.05) is 25.8 Å². The average Bonchev–Trinajstić information content (AvgIpc) is 2.14. The van der Waals surface area contributed by atoms with Crippen LogP contribution in [0.3, 0.4) is 0 Å². The van der Waals surface area contributed by atoms with Crippen molar-refractivity contribution in [3.63, 3.8) is 0 Å². The van der Waals surface area contributed by atoms with Gasteiger partial charge in [-0.2, -0.15) is 0 Å². The topological polar surface area (TPSA) is 26.3 Å². The maximum Gasteiger partial charge on any atom is 0.135 e. The van der Waals surface area contributed by atoms with Crippen molar-refractivity contribution in [3.8, 4) is 0 Å². The first-order valence-corrected chi connectivity index (χ1v) is 5.38. The number of hydrogen-bond donors (Lipinski definition) is 0. The molecule has 2 nitrogen and oxygen atoms in total. The third-order valence-electron chi connectivity index (χ3n) is 2.02. The second kappa shape index (κ2) is 8.52. The molecule has 0 heterocycles. The van der Waals surface area contributed by atoms with E-state index in [0.717, 1.165) is 19.3 Å². The zero-order chi connectivity index (χ0) is 10.1. The van der Waals surface area contributed by atoms with E-state index < -0.39 is 0 Å². The number of Topliss-reactive ketones (excluding diaryl/α,β-unsaturated/α-hetero) is 1. The summed E-state index contributed by atoms with van der Waals surface area (Å²) in [6, 6.07) is 0. The highest BCUT2D eigenvalue weighted by atomic mass is 35.5. The van der Waals surface area contributed by atoms with Crippen LogP contribution in [0.25, 0.3) is 0 Å². The van der Waals surface area contributed by atoms with Gasteiger partial charge < -0.3 is 4.74 Å². The minimum Gasteiger partial charge on any atom is -0.380 e. The zero-order valence-electron chi connectivity index (χ0n) is 8.51. The molecule has 0 aliphatic heterocycles. The Balaban J connectivity index is 3.48. The number of carbonyl (C=O) groups is 1. The quantitative estimate of drug-likeness (QED) is 0.451. The van der Waals surface area contributed by atoms with E-state index in [9.17, 15) is 4.79 Å². The summed E-state index contributed by atoms with van der Waals surface area (Å²) in [6.45, 7) is 2.13. The van der Waals surface area contributed by atoms with Crippen LogP contribution < -0.4 is 0 Å². The molecule has 0 N–H and O–H groups in total. The van der Waals surface area contributed by atoms with Crippen molar-refractivity contribution < 1.29 is 9.53 Å². The second-order valence-corrected chi connectivity index (χ2v) is 3.52. The molecule has 0 aromatic heterocycles.